The Morgan fingerprint density at radius 1 is 1.11 bits per heavy atom. The van der Waals surface area contributed by atoms with E-state index < -0.39 is 0 Å². The lowest BCUT2D eigenvalue weighted by Gasteiger charge is -2.04. The molecule has 0 spiro atoms. The first-order valence-electron chi connectivity index (χ1n) is 5.72. The van der Waals surface area contributed by atoms with Gasteiger partial charge in [0.15, 0.2) is 5.65 Å². The summed E-state index contributed by atoms with van der Waals surface area (Å²) in [5.41, 5.74) is 4.15. The second kappa shape index (κ2) is 4.10. The summed E-state index contributed by atoms with van der Waals surface area (Å²) in [6.45, 7) is 4.14. The number of nitrogens with one attached hydrogen (secondary N) is 1. The maximum atomic E-state index is 4.35. The van der Waals surface area contributed by atoms with Crippen molar-refractivity contribution in [1.82, 2.24) is 19.6 Å². The van der Waals surface area contributed by atoms with Gasteiger partial charge in [-0.1, -0.05) is 6.07 Å². The van der Waals surface area contributed by atoms with Crippen molar-refractivity contribution in [2.45, 2.75) is 13.8 Å². The molecule has 0 unspecified atom stereocenters. The van der Waals surface area contributed by atoms with Crippen LogP contribution in [0.4, 0.5) is 11.6 Å². The molecule has 0 fully saturated rings. The molecule has 0 aliphatic carbocycles. The third-order valence-electron chi connectivity index (χ3n) is 2.62. The molecule has 1 N–H and O–H groups in total. The van der Waals surface area contributed by atoms with Crippen LogP contribution in [0.5, 0.6) is 0 Å². The Labute approximate surface area is 105 Å². The van der Waals surface area contributed by atoms with E-state index in [1.807, 2.05) is 0 Å². The van der Waals surface area contributed by atoms with Crippen LogP contribution >= 0.6 is 0 Å². The number of aryl methyl sites for hydroxylation is 2. The zero-order valence-electron chi connectivity index (χ0n) is 10.3. The summed E-state index contributed by atoms with van der Waals surface area (Å²) in [6.07, 6.45) is 5.14. The Morgan fingerprint density at radius 3 is 2.61 bits per heavy atom. The minimum atomic E-state index is 0.577. The standard InChI is InChI=1S/C13H13N5/c1-9-5-10(2)7-11(6-9)15-13-16-12-8-14-3-4-18(12)17-13/h3-8H,1-2H3,(H,15,17). The van der Waals surface area contributed by atoms with Gasteiger partial charge in [-0.05, 0) is 37.1 Å². The summed E-state index contributed by atoms with van der Waals surface area (Å²) in [5, 5.41) is 7.53. The van der Waals surface area contributed by atoms with Crippen molar-refractivity contribution in [2.24, 2.45) is 0 Å². The number of hydrogen-bond acceptors (Lipinski definition) is 4. The van der Waals surface area contributed by atoms with E-state index in [2.05, 4.69) is 52.4 Å². The van der Waals surface area contributed by atoms with Gasteiger partial charge in [-0.25, -0.2) is 4.52 Å². The highest BCUT2D eigenvalue weighted by Crippen LogP contribution is 2.17. The molecule has 5 nitrogen and oxygen atoms in total. The van der Waals surface area contributed by atoms with Crippen molar-refractivity contribution < 1.29 is 0 Å². The Bertz CT molecular complexity index is 648. The SMILES string of the molecule is Cc1cc(C)cc(Nc2nc3cnccn3n2)c1. The molecule has 5 heteroatoms. The van der Waals surface area contributed by atoms with Crippen LogP contribution in [-0.4, -0.2) is 19.6 Å². The van der Waals surface area contributed by atoms with Gasteiger partial charge in [-0.2, -0.15) is 4.98 Å². The average Bonchev–Trinajstić information content (AvgIpc) is 2.69. The molecule has 0 aliphatic rings. The van der Waals surface area contributed by atoms with Crippen LogP contribution in [0.15, 0.2) is 36.8 Å². The van der Waals surface area contributed by atoms with Crippen LogP contribution in [-0.2, 0) is 0 Å². The molecule has 18 heavy (non-hydrogen) atoms. The van der Waals surface area contributed by atoms with Crippen LogP contribution in [0.3, 0.4) is 0 Å². The first-order valence-corrected chi connectivity index (χ1v) is 5.72. The Hall–Kier alpha value is -2.43. The monoisotopic (exact) mass is 239 g/mol. The molecule has 0 bridgehead atoms. The number of aromatic nitrogens is 4. The summed E-state index contributed by atoms with van der Waals surface area (Å²) >= 11 is 0. The van der Waals surface area contributed by atoms with Gasteiger partial charge in [0.2, 0.25) is 5.95 Å². The number of hydrogen-bond donors (Lipinski definition) is 1. The van der Waals surface area contributed by atoms with Crippen LogP contribution in [0.25, 0.3) is 5.65 Å². The number of rotatable bonds is 2. The van der Waals surface area contributed by atoms with Gasteiger partial charge < -0.3 is 5.32 Å². The van der Waals surface area contributed by atoms with E-state index in [4.69, 9.17) is 0 Å². The zero-order valence-corrected chi connectivity index (χ0v) is 10.3. The van der Waals surface area contributed by atoms with Gasteiger partial charge in [0.25, 0.3) is 0 Å². The molecule has 0 aliphatic heterocycles. The van der Waals surface area contributed by atoms with Gasteiger partial charge in [-0.3, -0.25) is 4.98 Å². The fraction of sp³-hybridized carbons (Fsp3) is 0.154. The van der Waals surface area contributed by atoms with E-state index >= 15 is 0 Å². The molecular formula is C13H13N5. The van der Waals surface area contributed by atoms with Gasteiger partial charge in [0, 0.05) is 18.1 Å². The molecule has 2 aromatic heterocycles. The smallest absolute Gasteiger partial charge is 0.247 e. The summed E-state index contributed by atoms with van der Waals surface area (Å²) in [4.78, 5) is 8.36. The molecule has 2 heterocycles. The lowest BCUT2D eigenvalue weighted by molar-refractivity contribution is 0.949. The summed E-state index contributed by atoms with van der Waals surface area (Å²) < 4.78 is 1.69. The quantitative estimate of drug-likeness (QED) is 0.746. The second-order valence-corrected chi connectivity index (χ2v) is 4.32. The third-order valence-corrected chi connectivity index (χ3v) is 2.62. The summed E-state index contributed by atoms with van der Waals surface area (Å²) in [6, 6.07) is 6.26. The maximum Gasteiger partial charge on any atom is 0.247 e. The lowest BCUT2D eigenvalue weighted by Crippen LogP contribution is -1.94. The van der Waals surface area contributed by atoms with Gasteiger partial charge in [0.1, 0.15) is 0 Å². The number of anilines is 2. The molecule has 0 atom stereocenters. The number of benzene rings is 1. The van der Waals surface area contributed by atoms with Crippen LogP contribution in [0.1, 0.15) is 11.1 Å². The Morgan fingerprint density at radius 2 is 1.89 bits per heavy atom. The van der Waals surface area contributed by atoms with Crippen molar-refractivity contribution >= 4 is 17.3 Å². The predicted octanol–water partition coefficient (Wildman–Crippen LogP) is 2.48. The minimum absolute atomic E-state index is 0.577. The predicted molar refractivity (Wildman–Crippen MR) is 70.0 cm³/mol. The highest BCUT2D eigenvalue weighted by Gasteiger charge is 2.03. The van der Waals surface area contributed by atoms with E-state index in [0.717, 1.165) is 11.3 Å². The molecular weight excluding hydrogens is 226 g/mol. The first-order chi connectivity index (χ1) is 8.70. The highest BCUT2D eigenvalue weighted by atomic mass is 15.3. The average molecular weight is 239 g/mol. The normalized spacial score (nSPS) is 10.8. The molecule has 0 saturated heterocycles. The molecule has 1 aromatic carbocycles. The maximum absolute atomic E-state index is 4.35. The van der Waals surface area contributed by atoms with Crippen LogP contribution in [0.2, 0.25) is 0 Å². The van der Waals surface area contributed by atoms with Crippen molar-refractivity contribution in [1.29, 1.82) is 0 Å². The van der Waals surface area contributed by atoms with Gasteiger partial charge in [-0.15, -0.1) is 5.10 Å². The first kappa shape index (κ1) is 10.7. The molecule has 3 aromatic rings. The Kier molecular flexibility index (Phi) is 2.44. The topological polar surface area (TPSA) is 55.1 Å². The lowest BCUT2D eigenvalue weighted by atomic mass is 10.1. The third kappa shape index (κ3) is 2.02. The van der Waals surface area contributed by atoms with Gasteiger partial charge >= 0.3 is 0 Å². The molecule has 0 amide bonds. The van der Waals surface area contributed by atoms with E-state index in [-0.39, 0.29) is 0 Å². The van der Waals surface area contributed by atoms with E-state index in [1.165, 1.54) is 11.1 Å². The molecule has 0 saturated carbocycles. The fourth-order valence-electron chi connectivity index (χ4n) is 1.97. The van der Waals surface area contributed by atoms with Crippen molar-refractivity contribution in [3.05, 3.63) is 47.9 Å². The molecule has 3 rings (SSSR count). The summed E-state index contributed by atoms with van der Waals surface area (Å²) in [5.74, 6) is 0.577. The molecule has 90 valence electrons. The highest BCUT2D eigenvalue weighted by molar-refractivity contribution is 5.57. The van der Waals surface area contributed by atoms with Crippen LogP contribution < -0.4 is 5.32 Å². The van der Waals surface area contributed by atoms with E-state index in [1.54, 1.807) is 23.1 Å². The number of fused-ring (bicyclic) bond motifs is 1. The van der Waals surface area contributed by atoms with Crippen LogP contribution in [0, 0.1) is 13.8 Å². The zero-order chi connectivity index (χ0) is 12.5. The second-order valence-electron chi connectivity index (χ2n) is 4.32. The summed E-state index contributed by atoms with van der Waals surface area (Å²) in [7, 11) is 0. The van der Waals surface area contributed by atoms with E-state index in [0.29, 0.717) is 5.95 Å². The number of nitrogens with zero attached hydrogens (tertiary/aromatic N) is 4. The Balaban J connectivity index is 1.96. The fourth-order valence-corrected chi connectivity index (χ4v) is 1.97. The van der Waals surface area contributed by atoms with Crippen molar-refractivity contribution in [3.63, 3.8) is 0 Å². The van der Waals surface area contributed by atoms with E-state index in [9.17, 15) is 0 Å². The molecule has 0 radical (unpaired) electrons. The van der Waals surface area contributed by atoms with Crippen molar-refractivity contribution in [2.75, 3.05) is 5.32 Å². The van der Waals surface area contributed by atoms with Gasteiger partial charge in [0.05, 0.1) is 6.20 Å². The largest absolute Gasteiger partial charge is 0.323 e. The van der Waals surface area contributed by atoms with Crippen molar-refractivity contribution in [3.8, 4) is 0 Å². The minimum Gasteiger partial charge on any atom is -0.323 e.